The number of morpholine rings is 1. The number of rotatable bonds is 5. The third kappa shape index (κ3) is 5.67. The van der Waals surface area contributed by atoms with Crippen LogP contribution in [0.3, 0.4) is 0 Å². The van der Waals surface area contributed by atoms with E-state index in [4.69, 9.17) is 9.47 Å². The molecule has 162 valence electrons. The van der Waals surface area contributed by atoms with Crippen LogP contribution in [0.2, 0.25) is 0 Å². The van der Waals surface area contributed by atoms with Crippen molar-refractivity contribution >= 4 is 49.1 Å². The first kappa shape index (κ1) is 22.9. The first-order valence-electron chi connectivity index (χ1n) is 9.07. The predicted molar refractivity (Wildman–Crippen MR) is 115 cm³/mol. The van der Waals surface area contributed by atoms with E-state index in [1.165, 1.54) is 6.07 Å². The quantitative estimate of drug-likeness (QED) is 0.541. The summed E-state index contributed by atoms with van der Waals surface area (Å²) >= 11 is 6.75. The largest absolute Gasteiger partial charge is 0.482 e. The minimum Gasteiger partial charge on any atom is -0.482 e. The van der Waals surface area contributed by atoms with Crippen molar-refractivity contribution < 1.29 is 27.4 Å². The standard InChI is InChI=1S/C20H19Br2F3N2O3/c1-12-8-14(21)10-15(22)19(12)30-11-18(28)26-16-9-13(20(23,24)25)2-3-17(16)27-4-6-29-7-5-27/h2-3,8-10H,4-7,11H2,1H3,(H,26,28). The van der Waals surface area contributed by atoms with E-state index < -0.39 is 17.6 Å². The average Bonchev–Trinajstić information content (AvgIpc) is 2.67. The van der Waals surface area contributed by atoms with Gasteiger partial charge in [-0.05, 0) is 58.7 Å². The molecule has 0 atom stereocenters. The number of amides is 1. The Morgan fingerprint density at radius 2 is 1.90 bits per heavy atom. The molecule has 1 aliphatic heterocycles. The fraction of sp³-hybridized carbons (Fsp3) is 0.350. The number of anilines is 2. The van der Waals surface area contributed by atoms with Gasteiger partial charge in [0, 0.05) is 17.6 Å². The number of nitrogens with one attached hydrogen (secondary N) is 1. The van der Waals surface area contributed by atoms with Crippen LogP contribution in [0.5, 0.6) is 5.75 Å². The first-order chi connectivity index (χ1) is 14.1. The summed E-state index contributed by atoms with van der Waals surface area (Å²) in [6.45, 7) is 3.46. The van der Waals surface area contributed by atoms with Gasteiger partial charge in [0.15, 0.2) is 6.61 Å². The predicted octanol–water partition coefficient (Wildman–Crippen LogP) is 5.39. The maximum Gasteiger partial charge on any atom is 0.416 e. The molecule has 0 aliphatic carbocycles. The van der Waals surface area contributed by atoms with Gasteiger partial charge in [-0.15, -0.1) is 0 Å². The summed E-state index contributed by atoms with van der Waals surface area (Å²) in [5, 5.41) is 2.57. The third-order valence-corrected chi connectivity index (χ3v) is 5.54. The Kier molecular flexibility index (Phi) is 7.30. The number of carbonyl (C=O) groups is 1. The highest BCUT2D eigenvalue weighted by Crippen LogP contribution is 2.36. The topological polar surface area (TPSA) is 50.8 Å². The minimum atomic E-state index is -4.51. The van der Waals surface area contributed by atoms with Gasteiger partial charge in [-0.1, -0.05) is 15.9 Å². The van der Waals surface area contributed by atoms with Gasteiger partial charge in [-0.2, -0.15) is 13.2 Å². The minimum absolute atomic E-state index is 0.0897. The van der Waals surface area contributed by atoms with Gasteiger partial charge in [0.05, 0.1) is 34.6 Å². The van der Waals surface area contributed by atoms with Crippen molar-refractivity contribution in [2.45, 2.75) is 13.1 Å². The fourth-order valence-electron chi connectivity index (χ4n) is 3.09. The smallest absolute Gasteiger partial charge is 0.416 e. The van der Waals surface area contributed by atoms with Crippen LogP contribution in [0.4, 0.5) is 24.5 Å². The molecule has 1 N–H and O–H groups in total. The van der Waals surface area contributed by atoms with Crippen molar-refractivity contribution in [1.29, 1.82) is 0 Å². The molecule has 0 bridgehead atoms. The molecule has 1 heterocycles. The highest BCUT2D eigenvalue weighted by molar-refractivity contribution is 9.11. The van der Waals surface area contributed by atoms with Crippen LogP contribution < -0.4 is 15.0 Å². The Morgan fingerprint density at radius 3 is 2.53 bits per heavy atom. The van der Waals surface area contributed by atoms with Crippen molar-refractivity contribution in [2.75, 3.05) is 43.1 Å². The highest BCUT2D eigenvalue weighted by Gasteiger charge is 2.32. The molecule has 30 heavy (non-hydrogen) atoms. The summed E-state index contributed by atoms with van der Waals surface area (Å²) in [5.41, 5.74) is 0.576. The molecular weight excluding hydrogens is 533 g/mol. The van der Waals surface area contributed by atoms with Crippen LogP contribution in [0.1, 0.15) is 11.1 Å². The molecule has 1 fully saturated rings. The van der Waals surface area contributed by atoms with Crippen molar-refractivity contribution in [3.8, 4) is 5.75 Å². The first-order valence-corrected chi connectivity index (χ1v) is 10.7. The van der Waals surface area contributed by atoms with E-state index in [9.17, 15) is 18.0 Å². The van der Waals surface area contributed by atoms with E-state index in [1.54, 1.807) is 6.07 Å². The molecule has 3 rings (SSSR count). The number of ether oxygens (including phenoxy) is 2. The lowest BCUT2D eigenvalue weighted by Crippen LogP contribution is -2.37. The zero-order valence-corrected chi connectivity index (χ0v) is 19.2. The molecule has 1 amide bonds. The second-order valence-corrected chi connectivity index (χ2v) is 8.47. The molecule has 0 unspecified atom stereocenters. The maximum atomic E-state index is 13.2. The average molecular weight is 552 g/mol. The van der Waals surface area contributed by atoms with Gasteiger partial charge in [0.25, 0.3) is 5.91 Å². The van der Waals surface area contributed by atoms with Gasteiger partial charge in [-0.25, -0.2) is 0 Å². The SMILES string of the molecule is Cc1cc(Br)cc(Br)c1OCC(=O)Nc1cc(C(F)(F)F)ccc1N1CCOCC1. The molecule has 5 nitrogen and oxygen atoms in total. The summed E-state index contributed by atoms with van der Waals surface area (Å²) in [6, 6.07) is 6.95. The van der Waals surface area contributed by atoms with E-state index in [2.05, 4.69) is 37.2 Å². The molecule has 0 aromatic heterocycles. The van der Waals surface area contributed by atoms with E-state index >= 15 is 0 Å². The van der Waals surface area contributed by atoms with Crippen LogP contribution in [-0.2, 0) is 15.7 Å². The van der Waals surface area contributed by atoms with Crippen molar-refractivity contribution in [3.63, 3.8) is 0 Å². The summed E-state index contributed by atoms with van der Waals surface area (Å²) in [5.74, 6) is -0.0659. The number of aryl methyl sites for hydroxylation is 1. The van der Waals surface area contributed by atoms with Gasteiger partial charge in [0.2, 0.25) is 0 Å². The lowest BCUT2D eigenvalue weighted by Gasteiger charge is -2.31. The zero-order valence-electron chi connectivity index (χ0n) is 16.0. The Bertz CT molecular complexity index is 909. The molecule has 1 saturated heterocycles. The van der Waals surface area contributed by atoms with Crippen LogP contribution in [-0.4, -0.2) is 38.8 Å². The Balaban J connectivity index is 1.79. The van der Waals surface area contributed by atoms with Crippen LogP contribution >= 0.6 is 31.9 Å². The van der Waals surface area contributed by atoms with E-state index in [-0.39, 0.29) is 12.3 Å². The van der Waals surface area contributed by atoms with Crippen LogP contribution in [0, 0.1) is 6.92 Å². The Hall–Kier alpha value is -1.78. The number of alkyl halides is 3. The number of halogens is 5. The fourth-order valence-corrected chi connectivity index (χ4v) is 4.64. The Morgan fingerprint density at radius 1 is 1.20 bits per heavy atom. The molecule has 0 spiro atoms. The van der Waals surface area contributed by atoms with Gasteiger partial charge in [-0.3, -0.25) is 4.79 Å². The molecule has 0 saturated carbocycles. The molecule has 0 radical (unpaired) electrons. The number of benzene rings is 2. The van der Waals surface area contributed by atoms with Gasteiger partial charge >= 0.3 is 6.18 Å². The van der Waals surface area contributed by atoms with E-state index in [1.807, 2.05) is 17.9 Å². The van der Waals surface area contributed by atoms with Crippen LogP contribution in [0.15, 0.2) is 39.3 Å². The van der Waals surface area contributed by atoms with E-state index in [0.717, 1.165) is 22.2 Å². The molecule has 1 aliphatic rings. The number of carbonyl (C=O) groups excluding carboxylic acids is 1. The number of hydrogen-bond acceptors (Lipinski definition) is 4. The molecule has 2 aromatic carbocycles. The summed E-state index contributed by atoms with van der Waals surface area (Å²) in [6.07, 6.45) is -4.51. The normalized spacial score (nSPS) is 14.5. The van der Waals surface area contributed by atoms with Crippen molar-refractivity contribution in [3.05, 3.63) is 50.4 Å². The van der Waals surface area contributed by atoms with Crippen LogP contribution in [0.25, 0.3) is 0 Å². The third-order valence-electron chi connectivity index (χ3n) is 4.49. The molecule has 10 heteroatoms. The zero-order chi connectivity index (χ0) is 21.9. The summed E-state index contributed by atoms with van der Waals surface area (Å²) in [7, 11) is 0. The monoisotopic (exact) mass is 550 g/mol. The maximum absolute atomic E-state index is 13.2. The summed E-state index contributed by atoms with van der Waals surface area (Å²) < 4.78 is 52.0. The second-order valence-electron chi connectivity index (χ2n) is 6.70. The van der Waals surface area contributed by atoms with Crippen molar-refractivity contribution in [2.24, 2.45) is 0 Å². The van der Waals surface area contributed by atoms with E-state index in [0.29, 0.717) is 42.2 Å². The molecular formula is C20H19Br2F3N2O3. The molecule has 2 aromatic rings. The van der Waals surface area contributed by atoms with Gasteiger partial charge in [0.1, 0.15) is 5.75 Å². The lowest BCUT2D eigenvalue weighted by molar-refractivity contribution is -0.137. The highest BCUT2D eigenvalue weighted by atomic mass is 79.9. The number of nitrogens with zero attached hydrogens (tertiary/aromatic N) is 1. The lowest BCUT2D eigenvalue weighted by atomic mass is 10.1. The van der Waals surface area contributed by atoms with Gasteiger partial charge < -0.3 is 19.7 Å². The Labute approximate surface area is 188 Å². The summed E-state index contributed by atoms with van der Waals surface area (Å²) in [4.78, 5) is 14.4. The van der Waals surface area contributed by atoms with Crippen molar-refractivity contribution in [1.82, 2.24) is 0 Å². The number of hydrogen-bond donors (Lipinski definition) is 1. The second kappa shape index (κ2) is 9.57.